The van der Waals surface area contributed by atoms with Crippen LogP contribution in [0.4, 0.5) is 0 Å². The number of hydrogen-bond donors (Lipinski definition) is 0. The Morgan fingerprint density at radius 1 is 1.50 bits per heavy atom. The highest BCUT2D eigenvalue weighted by molar-refractivity contribution is 5.38. The van der Waals surface area contributed by atoms with Crippen LogP contribution in [0.5, 0.6) is 5.75 Å². The third-order valence-electron chi connectivity index (χ3n) is 2.76. The van der Waals surface area contributed by atoms with Crippen molar-refractivity contribution in [2.24, 2.45) is 0 Å². The summed E-state index contributed by atoms with van der Waals surface area (Å²) < 4.78 is 10.7. The van der Waals surface area contributed by atoms with Gasteiger partial charge in [0.2, 0.25) is 0 Å². The number of rotatable bonds is 3. The van der Waals surface area contributed by atoms with Crippen LogP contribution in [0.1, 0.15) is 30.6 Å². The Balaban J connectivity index is 2.26. The summed E-state index contributed by atoms with van der Waals surface area (Å²) in [6.07, 6.45) is 2.48. The van der Waals surface area contributed by atoms with Crippen molar-refractivity contribution in [1.29, 1.82) is 0 Å². The molecule has 0 N–H and O–H groups in total. The molecule has 1 aromatic rings. The molecule has 2 rings (SSSR count). The van der Waals surface area contributed by atoms with Gasteiger partial charge in [0.05, 0.1) is 19.8 Å². The van der Waals surface area contributed by atoms with E-state index in [9.17, 15) is 0 Å². The van der Waals surface area contributed by atoms with Crippen LogP contribution in [0, 0.1) is 0 Å². The van der Waals surface area contributed by atoms with Crippen LogP contribution in [0.2, 0.25) is 0 Å². The molecule has 0 amide bonds. The molecule has 2 nitrogen and oxygen atoms in total. The van der Waals surface area contributed by atoms with E-state index in [1.54, 1.807) is 7.11 Å². The lowest BCUT2D eigenvalue weighted by atomic mass is 9.99. The van der Waals surface area contributed by atoms with Gasteiger partial charge in [0.25, 0.3) is 0 Å². The van der Waals surface area contributed by atoms with Crippen molar-refractivity contribution in [3.8, 4) is 5.75 Å². The lowest BCUT2D eigenvalue weighted by Crippen LogP contribution is -2.18. The number of methoxy groups -OCH3 is 1. The molecule has 76 valence electrons. The molecule has 0 saturated carbocycles. The molecule has 1 fully saturated rings. The normalized spacial score (nSPS) is 20.3. The second-order valence-corrected chi connectivity index (χ2v) is 3.57. The van der Waals surface area contributed by atoms with Gasteiger partial charge in [-0.3, -0.25) is 0 Å². The Labute approximate surface area is 84.8 Å². The van der Waals surface area contributed by atoms with E-state index in [0.717, 1.165) is 25.2 Å². The SMILES string of the molecule is CCc1cc(C2CCO2)ccc1OC. The van der Waals surface area contributed by atoms with E-state index in [-0.39, 0.29) is 0 Å². The molecule has 0 aliphatic carbocycles. The highest BCUT2D eigenvalue weighted by Gasteiger charge is 2.20. The zero-order valence-corrected chi connectivity index (χ0v) is 8.75. The molecule has 1 heterocycles. The number of benzene rings is 1. The van der Waals surface area contributed by atoms with Crippen LogP contribution in [-0.2, 0) is 11.2 Å². The average molecular weight is 192 g/mol. The van der Waals surface area contributed by atoms with Crippen molar-refractivity contribution >= 4 is 0 Å². The maximum atomic E-state index is 5.45. The second kappa shape index (κ2) is 4.01. The lowest BCUT2D eigenvalue weighted by molar-refractivity contribution is -0.0527. The molecule has 2 heteroatoms. The van der Waals surface area contributed by atoms with E-state index in [1.165, 1.54) is 11.1 Å². The topological polar surface area (TPSA) is 18.5 Å². The lowest BCUT2D eigenvalue weighted by Gasteiger charge is -2.27. The molecule has 0 aromatic heterocycles. The third-order valence-corrected chi connectivity index (χ3v) is 2.76. The molecular formula is C12H16O2. The smallest absolute Gasteiger partial charge is 0.122 e. The van der Waals surface area contributed by atoms with E-state index in [1.807, 2.05) is 6.07 Å². The fourth-order valence-electron chi connectivity index (χ4n) is 1.77. The number of aryl methyl sites for hydroxylation is 1. The van der Waals surface area contributed by atoms with Crippen molar-refractivity contribution in [2.45, 2.75) is 25.9 Å². The highest BCUT2D eigenvalue weighted by Crippen LogP contribution is 2.32. The summed E-state index contributed by atoms with van der Waals surface area (Å²) in [7, 11) is 1.72. The molecule has 1 aliphatic heterocycles. The van der Waals surface area contributed by atoms with Crippen molar-refractivity contribution in [1.82, 2.24) is 0 Å². The largest absolute Gasteiger partial charge is 0.496 e. The van der Waals surface area contributed by atoms with E-state index < -0.39 is 0 Å². The summed E-state index contributed by atoms with van der Waals surface area (Å²) in [5.41, 5.74) is 2.55. The molecule has 1 atom stereocenters. The molecule has 0 spiro atoms. The quantitative estimate of drug-likeness (QED) is 0.733. The predicted octanol–water partition coefficient (Wildman–Crippen LogP) is 2.72. The van der Waals surface area contributed by atoms with Crippen LogP contribution >= 0.6 is 0 Å². The third kappa shape index (κ3) is 1.62. The van der Waals surface area contributed by atoms with Gasteiger partial charge in [0.1, 0.15) is 5.75 Å². The number of ether oxygens (including phenoxy) is 2. The summed E-state index contributed by atoms with van der Waals surface area (Å²) in [5, 5.41) is 0. The van der Waals surface area contributed by atoms with E-state index in [2.05, 4.69) is 19.1 Å². The molecule has 0 bridgehead atoms. The zero-order chi connectivity index (χ0) is 9.97. The molecular weight excluding hydrogens is 176 g/mol. The van der Waals surface area contributed by atoms with Gasteiger partial charge in [-0.25, -0.2) is 0 Å². The molecule has 14 heavy (non-hydrogen) atoms. The Morgan fingerprint density at radius 2 is 2.29 bits per heavy atom. The van der Waals surface area contributed by atoms with E-state index in [4.69, 9.17) is 9.47 Å². The fraction of sp³-hybridized carbons (Fsp3) is 0.500. The van der Waals surface area contributed by atoms with Crippen molar-refractivity contribution < 1.29 is 9.47 Å². The zero-order valence-electron chi connectivity index (χ0n) is 8.75. The summed E-state index contributed by atoms with van der Waals surface area (Å²) in [4.78, 5) is 0. The Hall–Kier alpha value is -1.02. The first-order valence-corrected chi connectivity index (χ1v) is 5.13. The van der Waals surface area contributed by atoms with E-state index in [0.29, 0.717) is 6.10 Å². The summed E-state index contributed by atoms with van der Waals surface area (Å²) in [5.74, 6) is 0.982. The summed E-state index contributed by atoms with van der Waals surface area (Å²) in [6, 6.07) is 6.33. The Morgan fingerprint density at radius 3 is 2.79 bits per heavy atom. The van der Waals surface area contributed by atoms with Gasteiger partial charge in [-0.1, -0.05) is 13.0 Å². The molecule has 1 aliphatic rings. The van der Waals surface area contributed by atoms with Crippen molar-refractivity contribution in [3.63, 3.8) is 0 Å². The minimum atomic E-state index is 0.325. The average Bonchev–Trinajstić information content (AvgIpc) is 2.15. The maximum absolute atomic E-state index is 5.45. The second-order valence-electron chi connectivity index (χ2n) is 3.57. The molecule has 1 aromatic carbocycles. The Kier molecular flexibility index (Phi) is 2.73. The Bertz CT molecular complexity index is 316. The molecule has 1 saturated heterocycles. The highest BCUT2D eigenvalue weighted by atomic mass is 16.5. The van der Waals surface area contributed by atoms with Gasteiger partial charge < -0.3 is 9.47 Å². The van der Waals surface area contributed by atoms with Crippen LogP contribution < -0.4 is 4.74 Å². The molecule has 1 unspecified atom stereocenters. The van der Waals surface area contributed by atoms with Crippen LogP contribution in [0.25, 0.3) is 0 Å². The van der Waals surface area contributed by atoms with E-state index >= 15 is 0 Å². The van der Waals surface area contributed by atoms with Gasteiger partial charge in [0, 0.05) is 6.42 Å². The van der Waals surface area contributed by atoms with Gasteiger partial charge in [-0.2, -0.15) is 0 Å². The van der Waals surface area contributed by atoms with Crippen LogP contribution in [0.15, 0.2) is 18.2 Å². The minimum absolute atomic E-state index is 0.325. The van der Waals surface area contributed by atoms with Gasteiger partial charge in [-0.05, 0) is 29.7 Å². The van der Waals surface area contributed by atoms with Crippen molar-refractivity contribution in [2.75, 3.05) is 13.7 Å². The standard InChI is InChI=1S/C12H16O2/c1-3-9-8-10(12-6-7-14-12)4-5-11(9)13-2/h4-5,8,12H,3,6-7H2,1-2H3. The monoisotopic (exact) mass is 192 g/mol. The summed E-state index contributed by atoms with van der Waals surface area (Å²) in [6.45, 7) is 3.04. The predicted molar refractivity (Wildman–Crippen MR) is 55.7 cm³/mol. The number of hydrogen-bond acceptors (Lipinski definition) is 2. The van der Waals surface area contributed by atoms with Gasteiger partial charge in [-0.15, -0.1) is 0 Å². The first-order chi connectivity index (χ1) is 6.85. The fourth-order valence-corrected chi connectivity index (χ4v) is 1.77. The van der Waals surface area contributed by atoms with Gasteiger partial charge >= 0.3 is 0 Å². The maximum Gasteiger partial charge on any atom is 0.122 e. The van der Waals surface area contributed by atoms with Gasteiger partial charge in [0.15, 0.2) is 0 Å². The van der Waals surface area contributed by atoms with Crippen molar-refractivity contribution in [3.05, 3.63) is 29.3 Å². The minimum Gasteiger partial charge on any atom is -0.496 e. The first-order valence-electron chi connectivity index (χ1n) is 5.13. The van der Waals surface area contributed by atoms with Crippen LogP contribution in [0.3, 0.4) is 0 Å². The van der Waals surface area contributed by atoms with Crippen LogP contribution in [-0.4, -0.2) is 13.7 Å². The summed E-state index contributed by atoms with van der Waals surface area (Å²) >= 11 is 0. The molecule has 0 radical (unpaired) electrons. The first kappa shape index (κ1) is 9.53.